The van der Waals surface area contributed by atoms with Crippen molar-refractivity contribution in [2.24, 2.45) is 0 Å². The van der Waals surface area contributed by atoms with Gasteiger partial charge >= 0.3 is 5.97 Å². The van der Waals surface area contributed by atoms with Crippen molar-refractivity contribution in [3.05, 3.63) is 12.3 Å². The van der Waals surface area contributed by atoms with Crippen LogP contribution in [0.5, 0.6) is 0 Å². The van der Waals surface area contributed by atoms with Gasteiger partial charge in [0.25, 0.3) is 0 Å². The second-order valence-corrected chi connectivity index (χ2v) is 4.22. The average Bonchev–Trinajstić information content (AvgIpc) is 2.54. The lowest BCUT2D eigenvalue weighted by molar-refractivity contribution is -0.136. The van der Waals surface area contributed by atoms with Crippen LogP contribution < -0.4 is 0 Å². The highest BCUT2D eigenvalue weighted by Crippen LogP contribution is 1.92. The molecule has 0 radical (unpaired) electrons. The van der Waals surface area contributed by atoms with Gasteiger partial charge in [-0.25, -0.2) is 4.79 Å². The van der Waals surface area contributed by atoms with Gasteiger partial charge in [-0.3, -0.25) is 0 Å². The summed E-state index contributed by atoms with van der Waals surface area (Å²) in [5.74, 6) is -1.46. The molecule has 0 aromatic heterocycles. The minimum Gasteiger partial charge on any atom is -0.485 e. The lowest BCUT2D eigenvalue weighted by Gasteiger charge is -2.08. The summed E-state index contributed by atoms with van der Waals surface area (Å²) in [5.41, 5.74) is 0. The molecule has 0 saturated heterocycles. The van der Waals surface area contributed by atoms with E-state index in [9.17, 15) is 4.79 Å². The zero-order chi connectivity index (χ0) is 17.2. The molecular formula is C15H28O8. The minimum absolute atomic E-state index is 0.150. The molecule has 0 aromatic carbocycles. The third-order valence-electron chi connectivity index (χ3n) is 2.43. The molecule has 0 amide bonds. The Morgan fingerprint density at radius 3 is 1.43 bits per heavy atom. The molecule has 0 saturated carbocycles. The zero-order valence-corrected chi connectivity index (χ0v) is 13.8. The molecule has 0 aliphatic rings. The summed E-state index contributed by atoms with van der Waals surface area (Å²) >= 11 is 0. The molecule has 23 heavy (non-hydrogen) atoms. The van der Waals surface area contributed by atoms with Crippen molar-refractivity contribution in [3.8, 4) is 0 Å². The van der Waals surface area contributed by atoms with Gasteiger partial charge in [-0.15, -0.1) is 0 Å². The number of hydrogen-bond acceptors (Lipinski definition) is 7. The first-order valence-corrected chi connectivity index (χ1v) is 7.62. The van der Waals surface area contributed by atoms with Crippen molar-refractivity contribution in [2.45, 2.75) is 6.92 Å². The number of aliphatic carboxylic acids is 1. The van der Waals surface area contributed by atoms with Crippen LogP contribution in [0.3, 0.4) is 0 Å². The van der Waals surface area contributed by atoms with Gasteiger partial charge < -0.3 is 33.5 Å². The van der Waals surface area contributed by atoms with Crippen molar-refractivity contribution in [1.29, 1.82) is 0 Å². The highest BCUT2D eigenvalue weighted by atomic mass is 16.6. The lowest BCUT2D eigenvalue weighted by atomic mass is 10.6. The number of carboxylic acid groups (broad SMARTS) is 1. The topological polar surface area (TPSA) is 92.7 Å². The highest BCUT2D eigenvalue weighted by Gasteiger charge is 2.03. The van der Waals surface area contributed by atoms with E-state index < -0.39 is 5.97 Å². The Hall–Kier alpha value is -1.19. The number of rotatable bonds is 18. The number of carbonyl (C=O) groups is 1. The molecule has 0 fully saturated rings. The monoisotopic (exact) mass is 336 g/mol. The van der Waals surface area contributed by atoms with Crippen molar-refractivity contribution in [1.82, 2.24) is 0 Å². The quantitative estimate of drug-likeness (QED) is 0.222. The maximum atomic E-state index is 10.4. The first-order chi connectivity index (χ1) is 11.2. The van der Waals surface area contributed by atoms with Crippen molar-refractivity contribution >= 4 is 5.97 Å². The van der Waals surface area contributed by atoms with Crippen LogP contribution in [0.2, 0.25) is 0 Å². The molecule has 0 spiro atoms. The summed E-state index contributed by atoms with van der Waals surface area (Å²) in [6, 6.07) is 0. The summed E-state index contributed by atoms with van der Waals surface area (Å²) < 4.78 is 31.0. The van der Waals surface area contributed by atoms with Gasteiger partial charge in [-0.05, 0) is 13.5 Å². The predicted octanol–water partition coefficient (Wildman–Crippen LogP) is 0.704. The van der Waals surface area contributed by atoms with Crippen molar-refractivity contribution in [3.63, 3.8) is 0 Å². The molecule has 0 rings (SSSR count). The first kappa shape index (κ1) is 21.8. The maximum Gasteiger partial charge on any atom is 0.370 e. The number of carboxylic acids is 1. The van der Waals surface area contributed by atoms with Crippen molar-refractivity contribution < 1.29 is 38.3 Å². The van der Waals surface area contributed by atoms with E-state index in [0.717, 1.165) is 0 Å². The summed E-state index contributed by atoms with van der Waals surface area (Å²) in [4.78, 5) is 10.4. The molecular weight excluding hydrogens is 308 g/mol. The Labute approximate surface area is 137 Å². The number of hydrogen-bond donors (Lipinski definition) is 1. The summed E-state index contributed by atoms with van der Waals surface area (Å²) in [7, 11) is 0. The van der Waals surface area contributed by atoms with E-state index >= 15 is 0 Å². The zero-order valence-electron chi connectivity index (χ0n) is 13.8. The SMILES string of the molecule is C=C(OCCOCCOCCOCCOCCOCC)C(=O)O. The van der Waals surface area contributed by atoms with Crippen LogP contribution in [0.1, 0.15) is 6.92 Å². The minimum atomic E-state index is -1.17. The van der Waals surface area contributed by atoms with Crippen LogP contribution >= 0.6 is 0 Å². The number of ether oxygens (including phenoxy) is 6. The third kappa shape index (κ3) is 17.0. The van der Waals surface area contributed by atoms with Crippen LogP contribution in [-0.4, -0.2) is 83.8 Å². The molecule has 0 aliphatic heterocycles. The van der Waals surface area contributed by atoms with E-state index in [2.05, 4.69) is 6.58 Å². The molecule has 8 nitrogen and oxygen atoms in total. The third-order valence-corrected chi connectivity index (χ3v) is 2.43. The van der Waals surface area contributed by atoms with Gasteiger partial charge in [0, 0.05) is 6.61 Å². The molecule has 0 unspecified atom stereocenters. The second-order valence-electron chi connectivity index (χ2n) is 4.22. The summed E-state index contributed by atoms with van der Waals surface area (Å²) in [6.45, 7) is 10.4. The van der Waals surface area contributed by atoms with Gasteiger partial charge in [0.2, 0.25) is 0 Å². The van der Waals surface area contributed by atoms with Crippen LogP contribution in [0, 0.1) is 0 Å². The fourth-order valence-electron chi connectivity index (χ4n) is 1.31. The van der Waals surface area contributed by atoms with Gasteiger partial charge in [0.15, 0.2) is 5.76 Å². The summed E-state index contributed by atoms with van der Waals surface area (Å²) in [6.07, 6.45) is 0. The molecule has 0 atom stereocenters. The van der Waals surface area contributed by atoms with Crippen LogP contribution in [0.25, 0.3) is 0 Å². The van der Waals surface area contributed by atoms with Crippen LogP contribution in [-0.2, 0) is 33.2 Å². The Kier molecular flexibility index (Phi) is 16.3. The molecule has 0 bridgehead atoms. The van der Waals surface area contributed by atoms with E-state index in [1.54, 1.807) is 0 Å². The fourth-order valence-corrected chi connectivity index (χ4v) is 1.31. The van der Waals surface area contributed by atoms with Crippen LogP contribution in [0.15, 0.2) is 12.3 Å². The predicted molar refractivity (Wildman–Crippen MR) is 82.5 cm³/mol. The Morgan fingerprint density at radius 2 is 1.09 bits per heavy atom. The normalized spacial score (nSPS) is 10.7. The highest BCUT2D eigenvalue weighted by molar-refractivity contribution is 5.83. The second kappa shape index (κ2) is 17.2. The van der Waals surface area contributed by atoms with E-state index in [0.29, 0.717) is 59.5 Å². The fraction of sp³-hybridized carbons (Fsp3) is 0.800. The Bertz CT molecular complexity index is 295. The molecule has 0 aliphatic carbocycles. The molecule has 0 heterocycles. The average molecular weight is 336 g/mol. The maximum absolute atomic E-state index is 10.4. The lowest BCUT2D eigenvalue weighted by Crippen LogP contribution is -2.14. The van der Waals surface area contributed by atoms with Crippen molar-refractivity contribution in [2.75, 3.05) is 72.7 Å². The van der Waals surface area contributed by atoms with Gasteiger partial charge in [-0.1, -0.05) is 0 Å². The first-order valence-electron chi connectivity index (χ1n) is 7.62. The van der Waals surface area contributed by atoms with E-state index in [-0.39, 0.29) is 19.0 Å². The largest absolute Gasteiger partial charge is 0.485 e. The van der Waals surface area contributed by atoms with Gasteiger partial charge in [0.05, 0.1) is 59.5 Å². The Morgan fingerprint density at radius 1 is 0.739 bits per heavy atom. The molecule has 8 heteroatoms. The molecule has 1 N–H and O–H groups in total. The van der Waals surface area contributed by atoms with E-state index in [4.69, 9.17) is 33.5 Å². The van der Waals surface area contributed by atoms with Crippen LogP contribution in [0.4, 0.5) is 0 Å². The van der Waals surface area contributed by atoms with E-state index in [1.165, 1.54) is 0 Å². The van der Waals surface area contributed by atoms with Gasteiger partial charge in [-0.2, -0.15) is 0 Å². The standard InChI is InChI=1S/C15H28O8/c1-3-18-4-5-19-6-7-20-8-9-21-10-11-22-12-13-23-14(2)15(16)17/h2-13H2,1H3,(H,16,17). The molecule has 0 aromatic rings. The Balaban J connectivity index is 3.05. The molecule has 136 valence electrons. The van der Waals surface area contributed by atoms with Gasteiger partial charge in [0.1, 0.15) is 6.61 Å². The smallest absolute Gasteiger partial charge is 0.370 e. The summed E-state index contributed by atoms with van der Waals surface area (Å²) in [5, 5.41) is 8.50. The van der Waals surface area contributed by atoms with E-state index in [1.807, 2.05) is 6.92 Å².